The van der Waals surface area contributed by atoms with Crippen LogP contribution in [0.4, 0.5) is 0 Å². The minimum atomic E-state index is -0.0963. The highest BCUT2D eigenvalue weighted by Gasteiger charge is 2.12. The van der Waals surface area contributed by atoms with Gasteiger partial charge in [0, 0.05) is 17.4 Å². The number of methoxy groups -OCH3 is 1. The fourth-order valence-electron chi connectivity index (χ4n) is 1.18. The van der Waals surface area contributed by atoms with Crippen LogP contribution in [0.25, 0.3) is 10.4 Å². The van der Waals surface area contributed by atoms with Gasteiger partial charge in [0.2, 0.25) is 0 Å². The first-order valence-electron chi connectivity index (χ1n) is 5.49. The van der Waals surface area contributed by atoms with Gasteiger partial charge in [-0.25, -0.2) is 0 Å². The van der Waals surface area contributed by atoms with Gasteiger partial charge in [-0.2, -0.15) is 0 Å². The molecule has 0 N–H and O–H groups in total. The second-order valence-corrected chi connectivity index (χ2v) is 4.36. The van der Waals surface area contributed by atoms with Crippen LogP contribution < -0.4 is 0 Å². The Morgan fingerprint density at radius 2 is 2.18 bits per heavy atom. The monoisotopic (exact) mass is 309 g/mol. The van der Waals surface area contributed by atoms with Crippen molar-refractivity contribution in [3.63, 3.8) is 0 Å². The lowest BCUT2D eigenvalue weighted by atomic mass is 10.1. The number of halogens is 1. The van der Waals surface area contributed by atoms with Crippen LogP contribution in [0.5, 0.6) is 0 Å². The Balaban J connectivity index is 3.80. The predicted molar refractivity (Wildman–Crippen MR) is 69.2 cm³/mol. The lowest BCUT2D eigenvalue weighted by Gasteiger charge is -2.18. The number of rotatable bonds is 11. The molecule has 0 fully saturated rings. The molecule has 0 unspecified atom stereocenters. The summed E-state index contributed by atoms with van der Waals surface area (Å²) in [6.07, 6.45) is 0.735. The van der Waals surface area contributed by atoms with E-state index in [1.165, 1.54) is 0 Å². The van der Waals surface area contributed by atoms with Gasteiger partial charge in [0.1, 0.15) is 6.79 Å². The minimum absolute atomic E-state index is 0.0963. The summed E-state index contributed by atoms with van der Waals surface area (Å²) in [6.45, 7) is 3.68. The largest absolute Gasteiger partial charge is 0.382 e. The lowest BCUT2D eigenvalue weighted by molar-refractivity contribution is -0.0986. The lowest BCUT2D eigenvalue weighted by Crippen LogP contribution is -2.22. The Kier molecular flexibility index (Phi) is 11.9. The van der Waals surface area contributed by atoms with Gasteiger partial charge in [0.25, 0.3) is 0 Å². The zero-order valence-electron chi connectivity index (χ0n) is 10.3. The van der Waals surface area contributed by atoms with Gasteiger partial charge in [-0.15, -0.1) is 0 Å². The molecule has 0 saturated heterocycles. The molecule has 0 heterocycles. The molecule has 100 valence electrons. The van der Waals surface area contributed by atoms with Crippen molar-refractivity contribution >= 4 is 15.9 Å². The Hall–Kier alpha value is -0.330. The molecule has 17 heavy (non-hydrogen) atoms. The summed E-state index contributed by atoms with van der Waals surface area (Å²) in [6, 6.07) is 0. The average Bonchev–Trinajstić information content (AvgIpc) is 2.35. The first-order valence-corrected chi connectivity index (χ1v) is 6.61. The SMILES string of the molecule is COCCOCO[C@@H](CN=[N+]=[N-])C[C@H](C)CBr. The first-order chi connectivity index (χ1) is 8.24. The van der Waals surface area contributed by atoms with Crippen LogP contribution in [0.15, 0.2) is 5.11 Å². The molecular weight excluding hydrogens is 290 g/mol. The molecule has 0 bridgehead atoms. The van der Waals surface area contributed by atoms with Crippen LogP contribution in [0, 0.1) is 5.92 Å². The summed E-state index contributed by atoms with van der Waals surface area (Å²) in [7, 11) is 1.62. The summed E-state index contributed by atoms with van der Waals surface area (Å²) in [5.74, 6) is 0.466. The van der Waals surface area contributed by atoms with E-state index in [1.54, 1.807) is 7.11 Å². The van der Waals surface area contributed by atoms with Crippen molar-refractivity contribution in [3.05, 3.63) is 10.4 Å². The highest BCUT2D eigenvalue weighted by Crippen LogP contribution is 2.12. The highest BCUT2D eigenvalue weighted by atomic mass is 79.9. The van der Waals surface area contributed by atoms with E-state index in [2.05, 4.69) is 32.9 Å². The number of azide groups is 1. The van der Waals surface area contributed by atoms with Crippen LogP contribution in [0.2, 0.25) is 0 Å². The average molecular weight is 310 g/mol. The zero-order chi connectivity index (χ0) is 12.9. The summed E-state index contributed by atoms with van der Waals surface area (Å²) in [5, 5.41) is 4.43. The van der Waals surface area contributed by atoms with Crippen molar-refractivity contribution < 1.29 is 14.2 Å². The van der Waals surface area contributed by atoms with Crippen molar-refractivity contribution in [1.82, 2.24) is 0 Å². The predicted octanol–water partition coefficient (Wildman–Crippen LogP) is 2.72. The highest BCUT2D eigenvalue weighted by molar-refractivity contribution is 9.09. The second-order valence-electron chi connectivity index (χ2n) is 3.72. The molecule has 0 aromatic heterocycles. The zero-order valence-corrected chi connectivity index (χ0v) is 11.9. The van der Waals surface area contributed by atoms with E-state index in [1.807, 2.05) is 0 Å². The van der Waals surface area contributed by atoms with E-state index >= 15 is 0 Å². The Morgan fingerprint density at radius 1 is 1.41 bits per heavy atom. The van der Waals surface area contributed by atoms with Gasteiger partial charge in [0.05, 0.1) is 25.9 Å². The molecule has 2 atom stereocenters. The molecule has 0 aliphatic rings. The Morgan fingerprint density at radius 3 is 2.76 bits per heavy atom. The van der Waals surface area contributed by atoms with Gasteiger partial charge < -0.3 is 14.2 Å². The van der Waals surface area contributed by atoms with Crippen molar-refractivity contribution in [2.24, 2.45) is 11.0 Å². The van der Waals surface area contributed by atoms with Crippen molar-refractivity contribution in [1.29, 1.82) is 0 Å². The van der Waals surface area contributed by atoms with E-state index in [9.17, 15) is 0 Å². The molecule has 0 aliphatic carbocycles. The van der Waals surface area contributed by atoms with E-state index in [0.29, 0.717) is 25.7 Å². The third-order valence-corrected chi connectivity index (χ3v) is 3.20. The number of nitrogens with zero attached hydrogens (tertiary/aromatic N) is 3. The van der Waals surface area contributed by atoms with Crippen LogP contribution in [-0.2, 0) is 14.2 Å². The molecule has 0 saturated carbocycles. The second kappa shape index (κ2) is 12.1. The number of ether oxygens (including phenoxy) is 3. The summed E-state index contributed by atoms with van der Waals surface area (Å²) in [5.41, 5.74) is 8.29. The fraction of sp³-hybridized carbons (Fsp3) is 1.00. The fourth-order valence-corrected chi connectivity index (χ4v) is 1.44. The molecule has 0 radical (unpaired) electrons. The van der Waals surface area contributed by atoms with Gasteiger partial charge in [-0.3, -0.25) is 0 Å². The van der Waals surface area contributed by atoms with Gasteiger partial charge in [0.15, 0.2) is 0 Å². The topological polar surface area (TPSA) is 76.5 Å². The maximum absolute atomic E-state index is 8.29. The standard InChI is InChI=1S/C10H20BrN3O3/c1-9(6-11)5-10(7-13-14-12)17-8-16-4-3-15-2/h9-10H,3-8H2,1-2H3/t9-,10+/m0/s1. The molecule has 0 rings (SSSR count). The van der Waals surface area contributed by atoms with E-state index < -0.39 is 0 Å². The third kappa shape index (κ3) is 10.5. The molecule has 0 aliphatic heterocycles. The molecular formula is C10H20BrN3O3. The molecule has 0 aromatic rings. The molecule has 0 spiro atoms. The van der Waals surface area contributed by atoms with Gasteiger partial charge in [-0.05, 0) is 17.9 Å². The molecule has 0 amide bonds. The summed E-state index contributed by atoms with van der Waals surface area (Å²) < 4.78 is 15.5. The molecule has 6 nitrogen and oxygen atoms in total. The van der Waals surface area contributed by atoms with Crippen LogP contribution in [0.3, 0.4) is 0 Å². The maximum atomic E-state index is 8.29. The smallest absolute Gasteiger partial charge is 0.147 e. The van der Waals surface area contributed by atoms with Gasteiger partial charge in [-0.1, -0.05) is 28.0 Å². The maximum Gasteiger partial charge on any atom is 0.147 e. The van der Waals surface area contributed by atoms with Crippen molar-refractivity contribution in [2.75, 3.05) is 39.0 Å². The van der Waals surface area contributed by atoms with Crippen LogP contribution in [-0.4, -0.2) is 45.1 Å². The Labute approximate surface area is 110 Å². The number of alkyl halides is 1. The first kappa shape index (κ1) is 16.7. The van der Waals surface area contributed by atoms with Crippen LogP contribution in [0.1, 0.15) is 13.3 Å². The van der Waals surface area contributed by atoms with Crippen LogP contribution >= 0.6 is 15.9 Å². The summed E-state index contributed by atoms with van der Waals surface area (Å²) >= 11 is 3.41. The normalized spacial score (nSPS) is 14.1. The van der Waals surface area contributed by atoms with E-state index in [0.717, 1.165) is 11.8 Å². The quantitative estimate of drug-likeness (QED) is 0.147. The summed E-state index contributed by atoms with van der Waals surface area (Å²) in [4.78, 5) is 2.74. The van der Waals surface area contributed by atoms with E-state index in [-0.39, 0.29) is 12.9 Å². The Bertz CT molecular complexity index is 225. The third-order valence-electron chi connectivity index (χ3n) is 2.10. The van der Waals surface area contributed by atoms with Gasteiger partial charge >= 0.3 is 0 Å². The van der Waals surface area contributed by atoms with Crippen molar-refractivity contribution in [3.8, 4) is 0 Å². The number of hydrogen-bond donors (Lipinski definition) is 0. The van der Waals surface area contributed by atoms with E-state index in [4.69, 9.17) is 19.7 Å². The molecule has 0 aromatic carbocycles. The minimum Gasteiger partial charge on any atom is -0.382 e. The number of hydrogen-bond acceptors (Lipinski definition) is 4. The van der Waals surface area contributed by atoms with Crippen molar-refractivity contribution in [2.45, 2.75) is 19.4 Å². The molecule has 7 heteroatoms.